The van der Waals surface area contributed by atoms with Crippen LogP contribution >= 0.6 is 0 Å². The summed E-state index contributed by atoms with van der Waals surface area (Å²) >= 11 is 0. The van der Waals surface area contributed by atoms with Crippen LogP contribution in [0.25, 0.3) is 0 Å². The second-order valence-electron chi connectivity index (χ2n) is 14.9. The van der Waals surface area contributed by atoms with Crippen molar-refractivity contribution in [2.24, 2.45) is 23.1 Å². The Morgan fingerprint density at radius 3 is 1.61 bits per heavy atom. The van der Waals surface area contributed by atoms with E-state index in [0.717, 1.165) is 0 Å². The van der Waals surface area contributed by atoms with Gasteiger partial charge in [0.2, 0.25) is 35.4 Å². The Labute approximate surface area is 357 Å². The molecule has 0 aliphatic heterocycles. The molecule has 18 N–H and O–H groups in total. The first-order valence-electron chi connectivity index (χ1n) is 19.8. The summed E-state index contributed by atoms with van der Waals surface area (Å²) in [5, 5.41) is 62.1. The van der Waals surface area contributed by atoms with Crippen LogP contribution in [0.2, 0.25) is 0 Å². The van der Waals surface area contributed by atoms with Crippen LogP contribution in [0.5, 0.6) is 5.75 Å². The van der Waals surface area contributed by atoms with Gasteiger partial charge in [0.15, 0.2) is 5.96 Å². The molecule has 0 fully saturated rings. The van der Waals surface area contributed by atoms with E-state index in [1.807, 2.05) is 0 Å². The van der Waals surface area contributed by atoms with Gasteiger partial charge in [0.1, 0.15) is 42.0 Å². The molecule has 1 aromatic carbocycles. The van der Waals surface area contributed by atoms with Gasteiger partial charge in [-0.25, -0.2) is 4.79 Å². The maximum absolute atomic E-state index is 13.7. The average Bonchev–Trinajstić information content (AvgIpc) is 3.17. The Hall–Kier alpha value is -6.56. The number of carbonyl (C=O) groups is 9. The summed E-state index contributed by atoms with van der Waals surface area (Å²) in [7, 11) is 0. The van der Waals surface area contributed by atoms with Gasteiger partial charge in [-0.3, -0.25) is 43.8 Å². The van der Waals surface area contributed by atoms with E-state index >= 15 is 0 Å². The number of hydrogen-bond donors (Lipinski definition) is 15. The number of unbranched alkanes of at least 4 members (excludes halogenated alkanes) is 1. The Morgan fingerprint density at radius 1 is 0.629 bits per heavy atom. The van der Waals surface area contributed by atoms with Gasteiger partial charge in [-0.15, -0.1) is 0 Å². The zero-order chi connectivity index (χ0) is 47.1. The molecule has 0 aliphatic carbocycles. The normalized spacial score (nSPS) is 14.3. The van der Waals surface area contributed by atoms with Crippen LogP contribution in [-0.4, -0.2) is 135 Å². The van der Waals surface area contributed by atoms with Gasteiger partial charge in [-0.05, 0) is 75.6 Å². The molecule has 1 rings (SSSR count). The highest BCUT2D eigenvalue weighted by atomic mass is 16.4. The molecule has 7 atom stereocenters. The molecular formula is C38H61N11O13. The third-order valence-corrected chi connectivity index (χ3v) is 9.03. The SMILES string of the molecule is CC(C)C[C@H](NC(=O)[C@H](CC(=O)O)NC(=O)[C@H](CCCCN)NC(=O)[C@H](CC(=O)O)NC(=O)[C@@H](N)CCCNC(=N)N)C(=O)N[C@@H](C)C(=O)N[C@@H](Cc1ccc(O)cc1)C(=O)O. The maximum atomic E-state index is 13.7. The first kappa shape index (κ1) is 53.5. The van der Waals surface area contributed by atoms with Crippen molar-refractivity contribution >= 4 is 59.3 Å². The Kier molecular flexibility index (Phi) is 23.6. The standard InChI is InChI=1S/C38H61N11O13/c1-19(2)15-25(34(58)44-20(3)31(55)49-28(37(61)62)16-21-9-11-22(50)12-10-21)47-36(60)27(18-30(53)54)48-33(57)24(8-4-5-13-39)45-35(59)26(17-29(51)52)46-32(56)23(40)7-6-14-43-38(41)42/h9-12,19-20,23-28,50H,4-8,13-18,39-40H2,1-3H3,(H,44,58)(H,45,59)(H,46,56)(H,47,60)(H,48,57)(H,49,55)(H,51,52)(H,53,54)(H,61,62)(H4,41,42,43)/t20-,23-,24-,25-,26-,27-,28-/m0/s1. The van der Waals surface area contributed by atoms with Crippen molar-refractivity contribution in [2.75, 3.05) is 13.1 Å². The fraction of sp³-hybridized carbons (Fsp3) is 0.579. The van der Waals surface area contributed by atoms with Gasteiger partial charge < -0.3 is 74.8 Å². The van der Waals surface area contributed by atoms with Gasteiger partial charge >= 0.3 is 17.9 Å². The summed E-state index contributed by atoms with van der Waals surface area (Å²) in [4.78, 5) is 115. The van der Waals surface area contributed by atoms with E-state index in [0.29, 0.717) is 12.0 Å². The number of phenols is 1. The summed E-state index contributed by atoms with van der Waals surface area (Å²) < 4.78 is 0. The van der Waals surface area contributed by atoms with Crippen LogP contribution in [0.4, 0.5) is 0 Å². The fourth-order valence-corrected chi connectivity index (χ4v) is 5.75. The van der Waals surface area contributed by atoms with Gasteiger partial charge in [0, 0.05) is 13.0 Å². The number of guanidine groups is 1. The third-order valence-electron chi connectivity index (χ3n) is 9.03. The Balaban J connectivity index is 3.20. The van der Waals surface area contributed by atoms with Gasteiger partial charge in [-0.1, -0.05) is 26.0 Å². The molecule has 24 nitrogen and oxygen atoms in total. The molecule has 0 aromatic heterocycles. The number of phenolic OH excluding ortho intramolecular Hbond substituents is 1. The molecule has 24 heteroatoms. The lowest BCUT2D eigenvalue weighted by molar-refractivity contribution is -0.142. The number of carbonyl (C=O) groups excluding carboxylic acids is 6. The first-order valence-corrected chi connectivity index (χ1v) is 19.8. The van der Waals surface area contributed by atoms with Crippen LogP contribution in [0.1, 0.15) is 77.7 Å². The van der Waals surface area contributed by atoms with E-state index in [2.05, 4.69) is 37.2 Å². The zero-order valence-electron chi connectivity index (χ0n) is 34.9. The minimum Gasteiger partial charge on any atom is -0.508 e. The monoisotopic (exact) mass is 879 g/mol. The minimum atomic E-state index is -1.83. The van der Waals surface area contributed by atoms with E-state index in [1.165, 1.54) is 31.2 Å². The van der Waals surface area contributed by atoms with Crippen LogP contribution < -0.4 is 54.4 Å². The van der Waals surface area contributed by atoms with Crippen LogP contribution in [0.3, 0.4) is 0 Å². The summed E-state index contributed by atoms with van der Waals surface area (Å²) in [6.07, 6.45) is -1.29. The molecule has 0 saturated heterocycles. The van der Waals surface area contributed by atoms with Crippen molar-refractivity contribution in [3.05, 3.63) is 29.8 Å². The lowest BCUT2D eigenvalue weighted by Gasteiger charge is -2.27. The molecule has 0 radical (unpaired) electrons. The maximum Gasteiger partial charge on any atom is 0.326 e. The van der Waals surface area contributed by atoms with Crippen molar-refractivity contribution in [3.8, 4) is 5.75 Å². The highest BCUT2D eigenvalue weighted by Gasteiger charge is 2.34. The molecule has 0 spiro atoms. The largest absolute Gasteiger partial charge is 0.508 e. The van der Waals surface area contributed by atoms with Crippen molar-refractivity contribution in [3.63, 3.8) is 0 Å². The third kappa shape index (κ3) is 21.1. The number of hydrogen-bond acceptors (Lipinski definition) is 13. The van der Waals surface area contributed by atoms with E-state index in [4.69, 9.17) is 22.6 Å². The number of carboxylic acids is 3. The van der Waals surface area contributed by atoms with Crippen molar-refractivity contribution < 1.29 is 63.6 Å². The number of carboxylic acid groups (broad SMARTS) is 3. The Bertz CT molecular complexity index is 1730. The van der Waals surface area contributed by atoms with Crippen LogP contribution in [0.15, 0.2) is 24.3 Å². The van der Waals surface area contributed by atoms with Crippen molar-refractivity contribution in [1.82, 2.24) is 37.2 Å². The van der Waals surface area contributed by atoms with E-state index in [-0.39, 0.29) is 69.2 Å². The molecule has 0 heterocycles. The van der Waals surface area contributed by atoms with Crippen LogP contribution in [-0.2, 0) is 49.6 Å². The smallest absolute Gasteiger partial charge is 0.326 e. The second kappa shape index (κ2) is 27.3. The summed E-state index contributed by atoms with van der Waals surface area (Å²) in [5.74, 6) is -11.0. The second-order valence-corrected chi connectivity index (χ2v) is 14.9. The number of amides is 6. The highest BCUT2D eigenvalue weighted by molar-refractivity contribution is 5.98. The number of nitrogens with two attached hydrogens (primary N) is 3. The van der Waals surface area contributed by atoms with Crippen molar-refractivity contribution in [2.45, 2.75) is 121 Å². The molecule has 0 saturated carbocycles. The predicted molar refractivity (Wildman–Crippen MR) is 221 cm³/mol. The fourth-order valence-electron chi connectivity index (χ4n) is 5.75. The van der Waals surface area contributed by atoms with Crippen LogP contribution in [0, 0.1) is 11.3 Å². The highest BCUT2D eigenvalue weighted by Crippen LogP contribution is 2.12. The number of aromatic hydroxyl groups is 1. The topological polar surface area (TPSA) is 421 Å². The molecule has 0 bridgehead atoms. The number of aliphatic carboxylic acids is 3. The summed E-state index contributed by atoms with van der Waals surface area (Å²) in [5.41, 5.74) is 17.2. The zero-order valence-corrected chi connectivity index (χ0v) is 34.9. The average molecular weight is 880 g/mol. The van der Waals surface area contributed by atoms with E-state index in [1.54, 1.807) is 13.8 Å². The molecule has 1 aromatic rings. The summed E-state index contributed by atoms with van der Waals surface area (Å²) in [6, 6.07) is -4.76. The quantitative estimate of drug-likeness (QED) is 0.0212. The molecule has 62 heavy (non-hydrogen) atoms. The predicted octanol–water partition coefficient (Wildman–Crippen LogP) is -3.34. The van der Waals surface area contributed by atoms with Gasteiger partial charge in [-0.2, -0.15) is 0 Å². The molecular weight excluding hydrogens is 818 g/mol. The molecule has 0 unspecified atom stereocenters. The molecule has 0 aliphatic rings. The minimum absolute atomic E-state index is 0.0360. The van der Waals surface area contributed by atoms with Gasteiger partial charge in [0.25, 0.3) is 0 Å². The molecule has 6 amide bonds. The first-order chi connectivity index (χ1) is 29.0. The van der Waals surface area contributed by atoms with Crippen molar-refractivity contribution in [1.29, 1.82) is 5.41 Å². The lowest BCUT2D eigenvalue weighted by atomic mass is 10.0. The Morgan fingerprint density at radius 2 is 1.11 bits per heavy atom. The molecule has 346 valence electrons. The lowest BCUT2D eigenvalue weighted by Crippen LogP contribution is -2.60. The van der Waals surface area contributed by atoms with Gasteiger partial charge in [0.05, 0.1) is 18.9 Å². The number of rotatable bonds is 29. The van der Waals surface area contributed by atoms with E-state index in [9.17, 15) is 63.6 Å². The van der Waals surface area contributed by atoms with E-state index < -0.39 is 108 Å². The number of benzene rings is 1. The summed E-state index contributed by atoms with van der Waals surface area (Å²) in [6.45, 7) is 5.07. The number of nitrogens with one attached hydrogen (secondary N) is 8.